The second kappa shape index (κ2) is 7.29. The Kier molecular flexibility index (Phi) is 6.02. The smallest absolute Gasteiger partial charge is 0.411 e. The summed E-state index contributed by atoms with van der Waals surface area (Å²) in [6.07, 6.45) is 0.117. The molecule has 0 aliphatic heterocycles. The lowest BCUT2D eigenvalue weighted by Crippen LogP contribution is -2.25. The molecule has 2 atom stereocenters. The highest BCUT2D eigenvalue weighted by molar-refractivity contribution is 5.85. The molecule has 0 fully saturated rings. The molecule has 1 rings (SSSR count). The van der Waals surface area contributed by atoms with Gasteiger partial charge in [0.1, 0.15) is 0 Å². The zero-order valence-corrected chi connectivity index (χ0v) is 13.1. The zero-order valence-electron chi connectivity index (χ0n) is 13.1. The molecule has 0 radical (unpaired) electrons. The van der Waals surface area contributed by atoms with Gasteiger partial charge in [0.25, 0.3) is 0 Å². The molecule has 112 valence electrons. The molecule has 0 aliphatic carbocycles. The van der Waals surface area contributed by atoms with Crippen LogP contribution in [0.5, 0.6) is 0 Å². The van der Waals surface area contributed by atoms with Gasteiger partial charge in [0.15, 0.2) is 0 Å². The molecule has 4 heteroatoms. The third-order valence-electron chi connectivity index (χ3n) is 3.75. The fraction of sp³-hybridized carbons (Fsp3) is 0.562. The van der Waals surface area contributed by atoms with Crippen molar-refractivity contribution in [3.63, 3.8) is 0 Å². The molecule has 1 aromatic carbocycles. The van der Waals surface area contributed by atoms with E-state index in [4.69, 9.17) is 5.11 Å². The average Bonchev–Trinajstić information content (AvgIpc) is 2.38. The van der Waals surface area contributed by atoms with Gasteiger partial charge >= 0.3 is 6.09 Å². The fourth-order valence-corrected chi connectivity index (χ4v) is 2.74. The minimum absolute atomic E-state index is 0.444. The van der Waals surface area contributed by atoms with Crippen molar-refractivity contribution in [2.75, 3.05) is 32.6 Å². The molecule has 1 amide bonds. The molecule has 4 nitrogen and oxygen atoms in total. The maximum atomic E-state index is 11.0. The summed E-state index contributed by atoms with van der Waals surface area (Å²) >= 11 is 0. The lowest BCUT2D eigenvalue weighted by atomic mass is 9.84. The van der Waals surface area contributed by atoms with Crippen molar-refractivity contribution in [3.05, 3.63) is 29.8 Å². The average molecular weight is 278 g/mol. The lowest BCUT2D eigenvalue weighted by Gasteiger charge is -2.27. The first kappa shape index (κ1) is 16.5. The summed E-state index contributed by atoms with van der Waals surface area (Å²) in [5.74, 6) is 0.972. The minimum atomic E-state index is -0.934. The first-order valence-electron chi connectivity index (χ1n) is 7.08. The summed E-state index contributed by atoms with van der Waals surface area (Å²) in [6.45, 7) is 5.46. The van der Waals surface area contributed by atoms with Crippen LogP contribution in [0.2, 0.25) is 0 Å². The van der Waals surface area contributed by atoms with E-state index >= 15 is 0 Å². The number of nitrogens with zero attached hydrogens (tertiary/aromatic N) is 2. The maximum absolute atomic E-state index is 11.0. The molecule has 0 aliphatic rings. The SMILES string of the molecule is CC[C@@H](c1cccc(N(C)C(=O)O)c1)[C@@H](C)CN(C)C. The number of amides is 1. The van der Waals surface area contributed by atoms with Crippen LogP contribution in [-0.2, 0) is 0 Å². The Morgan fingerprint density at radius 2 is 1.95 bits per heavy atom. The van der Waals surface area contributed by atoms with Gasteiger partial charge in [-0.05, 0) is 50.0 Å². The quantitative estimate of drug-likeness (QED) is 0.866. The van der Waals surface area contributed by atoms with Gasteiger partial charge in [-0.3, -0.25) is 4.90 Å². The van der Waals surface area contributed by atoms with E-state index in [0.717, 1.165) is 18.7 Å². The maximum Gasteiger partial charge on any atom is 0.411 e. The van der Waals surface area contributed by atoms with Gasteiger partial charge in [0.05, 0.1) is 0 Å². The summed E-state index contributed by atoms with van der Waals surface area (Å²) in [4.78, 5) is 14.5. The van der Waals surface area contributed by atoms with Gasteiger partial charge in [0, 0.05) is 19.3 Å². The van der Waals surface area contributed by atoms with Crippen molar-refractivity contribution in [2.45, 2.75) is 26.2 Å². The Labute approximate surface area is 122 Å². The molecule has 1 N–H and O–H groups in total. The van der Waals surface area contributed by atoms with Crippen molar-refractivity contribution >= 4 is 11.8 Å². The van der Waals surface area contributed by atoms with Gasteiger partial charge in [0.2, 0.25) is 0 Å². The highest BCUT2D eigenvalue weighted by atomic mass is 16.4. The van der Waals surface area contributed by atoms with E-state index in [1.807, 2.05) is 18.2 Å². The number of carbonyl (C=O) groups is 1. The van der Waals surface area contributed by atoms with Crippen molar-refractivity contribution in [2.24, 2.45) is 5.92 Å². The Hall–Kier alpha value is -1.55. The van der Waals surface area contributed by atoms with Crippen molar-refractivity contribution in [1.29, 1.82) is 0 Å². The highest BCUT2D eigenvalue weighted by Gasteiger charge is 2.19. The molecule has 0 unspecified atom stereocenters. The molecule has 20 heavy (non-hydrogen) atoms. The van der Waals surface area contributed by atoms with Crippen molar-refractivity contribution in [3.8, 4) is 0 Å². The van der Waals surface area contributed by atoms with Crippen LogP contribution < -0.4 is 4.90 Å². The molecule has 0 bridgehead atoms. The van der Waals surface area contributed by atoms with Gasteiger partial charge < -0.3 is 10.0 Å². The van der Waals surface area contributed by atoms with Gasteiger partial charge in [-0.15, -0.1) is 0 Å². The number of benzene rings is 1. The van der Waals surface area contributed by atoms with E-state index < -0.39 is 6.09 Å². The molecule has 0 saturated carbocycles. The highest BCUT2D eigenvalue weighted by Crippen LogP contribution is 2.30. The molecule has 0 saturated heterocycles. The normalized spacial score (nSPS) is 14.1. The van der Waals surface area contributed by atoms with E-state index in [0.29, 0.717) is 11.8 Å². The Morgan fingerprint density at radius 1 is 1.30 bits per heavy atom. The Morgan fingerprint density at radius 3 is 2.45 bits per heavy atom. The molecule has 1 aromatic rings. The van der Waals surface area contributed by atoms with Crippen LogP contribution in [0.25, 0.3) is 0 Å². The number of rotatable bonds is 6. The standard InChI is InChI=1S/C16H26N2O2/c1-6-15(12(2)11-17(3)4)13-8-7-9-14(10-13)18(5)16(19)20/h7-10,12,15H,6,11H2,1-5H3,(H,19,20)/t12-,15+/m0/s1. The first-order valence-corrected chi connectivity index (χ1v) is 7.08. The summed E-state index contributed by atoms with van der Waals surface area (Å²) in [6, 6.07) is 7.87. The number of hydrogen-bond acceptors (Lipinski definition) is 2. The van der Waals surface area contributed by atoms with E-state index in [1.165, 1.54) is 10.5 Å². The van der Waals surface area contributed by atoms with E-state index in [-0.39, 0.29) is 0 Å². The van der Waals surface area contributed by atoms with Crippen LogP contribution in [0.3, 0.4) is 0 Å². The van der Waals surface area contributed by atoms with Gasteiger partial charge in [-0.25, -0.2) is 4.79 Å². The topological polar surface area (TPSA) is 43.8 Å². The van der Waals surface area contributed by atoms with Crippen LogP contribution in [0.15, 0.2) is 24.3 Å². The summed E-state index contributed by atoms with van der Waals surface area (Å²) in [5, 5.41) is 9.07. The summed E-state index contributed by atoms with van der Waals surface area (Å²) in [7, 11) is 5.74. The van der Waals surface area contributed by atoms with Crippen LogP contribution >= 0.6 is 0 Å². The van der Waals surface area contributed by atoms with Crippen molar-refractivity contribution in [1.82, 2.24) is 4.90 Å². The number of carboxylic acid groups (broad SMARTS) is 1. The van der Waals surface area contributed by atoms with Crippen molar-refractivity contribution < 1.29 is 9.90 Å². The molecular formula is C16H26N2O2. The summed E-state index contributed by atoms with van der Waals surface area (Å²) in [5.41, 5.74) is 1.94. The van der Waals surface area contributed by atoms with E-state index in [1.54, 1.807) is 7.05 Å². The van der Waals surface area contributed by atoms with E-state index in [2.05, 4.69) is 38.9 Å². The predicted molar refractivity (Wildman–Crippen MR) is 83.6 cm³/mol. The predicted octanol–water partition coefficient (Wildman–Crippen LogP) is 3.49. The molecule has 0 heterocycles. The van der Waals surface area contributed by atoms with Gasteiger partial charge in [-0.2, -0.15) is 0 Å². The Balaban J connectivity index is 2.98. The van der Waals surface area contributed by atoms with Crippen LogP contribution in [0, 0.1) is 5.92 Å². The minimum Gasteiger partial charge on any atom is -0.465 e. The molecule has 0 aromatic heterocycles. The largest absolute Gasteiger partial charge is 0.465 e. The third-order valence-corrected chi connectivity index (χ3v) is 3.75. The second-order valence-electron chi connectivity index (χ2n) is 5.69. The van der Waals surface area contributed by atoms with E-state index in [9.17, 15) is 4.79 Å². The van der Waals surface area contributed by atoms with Crippen LogP contribution in [0.1, 0.15) is 31.7 Å². The zero-order chi connectivity index (χ0) is 15.3. The Bertz CT molecular complexity index is 446. The molecule has 0 spiro atoms. The van der Waals surface area contributed by atoms with Crippen LogP contribution in [-0.4, -0.2) is 43.8 Å². The number of anilines is 1. The number of hydrogen-bond donors (Lipinski definition) is 1. The van der Waals surface area contributed by atoms with Gasteiger partial charge in [-0.1, -0.05) is 26.0 Å². The molecular weight excluding hydrogens is 252 g/mol. The third kappa shape index (κ3) is 4.23. The van der Waals surface area contributed by atoms with Crippen LogP contribution in [0.4, 0.5) is 10.5 Å². The monoisotopic (exact) mass is 278 g/mol. The first-order chi connectivity index (χ1) is 9.36. The lowest BCUT2D eigenvalue weighted by molar-refractivity contribution is 0.203. The second-order valence-corrected chi connectivity index (χ2v) is 5.69. The fourth-order valence-electron chi connectivity index (χ4n) is 2.74. The summed E-state index contributed by atoms with van der Waals surface area (Å²) < 4.78 is 0.